The number of unbranched alkanes of at least 4 members (excludes halogenated alkanes) is 1. The number of hydrazine groups is 1. The van der Waals surface area contributed by atoms with Crippen LogP contribution in [-0.4, -0.2) is 29.4 Å². The maximum atomic E-state index is 11.2. The molecular formula is C12H27N3O. The van der Waals surface area contributed by atoms with Crippen LogP contribution in [0.25, 0.3) is 0 Å². The highest BCUT2D eigenvalue weighted by molar-refractivity contribution is 5.75. The molecule has 2 atom stereocenters. The van der Waals surface area contributed by atoms with Crippen LogP contribution in [0.4, 0.5) is 0 Å². The van der Waals surface area contributed by atoms with Crippen LogP contribution >= 0.6 is 0 Å². The van der Waals surface area contributed by atoms with Crippen LogP contribution in [0.3, 0.4) is 0 Å². The minimum atomic E-state index is -0.0858. The molecular weight excluding hydrogens is 202 g/mol. The maximum absolute atomic E-state index is 11.2. The second-order valence-electron chi connectivity index (χ2n) is 4.47. The van der Waals surface area contributed by atoms with Crippen LogP contribution in [0.1, 0.15) is 53.4 Å². The molecule has 1 amide bonds. The summed E-state index contributed by atoms with van der Waals surface area (Å²) >= 11 is 0. The molecule has 0 aliphatic rings. The average molecular weight is 229 g/mol. The lowest BCUT2D eigenvalue weighted by Crippen LogP contribution is -2.44. The van der Waals surface area contributed by atoms with Crippen LogP contribution in [0, 0.1) is 0 Å². The first-order chi connectivity index (χ1) is 7.56. The molecule has 0 rings (SSSR count). The number of rotatable bonds is 8. The smallest absolute Gasteiger partial charge is 0.235 e. The van der Waals surface area contributed by atoms with Gasteiger partial charge in [-0.15, -0.1) is 0 Å². The lowest BCUT2D eigenvalue weighted by Gasteiger charge is -2.33. The van der Waals surface area contributed by atoms with E-state index in [-0.39, 0.29) is 11.9 Å². The number of carbonyl (C=O) groups is 1. The minimum Gasteiger partial charge on any atom is -0.297 e. The Kier molecular flexibility index (Phi) is 8.21. The van der Waals surface area contributed by atoms with Crippen molar-refractivity contribution in [2.24, 2.45) is 5.84 Å². The van der Waals surface area contributed by atoms with Crippen LogP contribution in [-0.2, 0) is 4.79 Å². The molecule has 3 N–H and O–H groups in total. The zero-order valence-corrected chi connectivity index (χ0v) is 11.1. The topological polar surface area (TPSA) is 58.4 Å². The molecule has 0 bridgehead atoms. The Bertz CT molecular complexity index is 197. The van der Waals surface area contributed by atoms with Gasteiger partial charge in [0, 0.05) is 18.5 Å². The molecule has 0 fully saturated rings. The van der Waals surface area contributed by atoms with E-state index in [1.807, 2.05) is 0 Å². The Hall–Kier alpha value is -0.610. The van der Waals surface area contributed by atoms with Gasteiger partial charge in [-0.1, -0.05) is 20.3 Å². The van der Waals surface area contributed by atoms with Gasteiger partial charge in [-0.05, 0) is 33.2 Å². The van der Waals surface area contributed by atoms with E-state index in [0.29, 0.717) is 12.5 Å². The first-order valence-corrected chi connectivity index (χ1v) is 6.31. The average Bonchev–Trinajstić information content (AvgIpc) is 2.28. The number of carbonyl (C=O) groups excluding carboxylic acids is 1. The van der Waals surface area contributed by atoms with E-state index in [9.17, 15) is 4.79 Å². The first-order valence-electron chi connectivity index (χ1n) is 6.31. The Morgan fingerprint density at radius 1 is 1.31 bits per heavy atom. The molecule has 0 radical (unpaired) electrons. The number of nitrogens with two attached hydrogens (primary N) is 1. The van der Waals surface area contributed by atoms with E-state index < -0.39 is 0 Å². The van der Waals surface area contributed by atoms with Crippen LogP contribution in [0.15, 0.2) is 0 Å². The van der Waals surface area contributed by atoms with E-state index in [1.54, 1.807) is 0 Å². The third kappa shape index (κ3) is 5.47. The fourth-order valence-corrected chi connectivity index (χ4v) is 1.89. The Balaban J connectivity index is 4.30. The molecule has 4 heteroatoms. The van der Waals surface area contributed by atoms with Gasteiger partial charge in [0.1, 0.15) is 0 Å². The fourth-order valence-electron chi connectivity index (χ4n) is 1.89. The highest BCUT2D eigenvalue weighted by Crippen LogP contribution is 2.13. The van der Waals surface area contributed by atoms with Crippen molar-refractivity contribution >= 4 is 5.91 Å². The third-order valence-corrected chi connectivity index (χ3v) is 3.13. The molecule has 96 valence electrons. The Morgan fingerprint density at radius 2 is 1.94 bits per heavy atom. The lowest BCUT2D eigenvalue weighted by molar-refractivity contribution is -0.122. The summed E-state index contributed by atoms with van der Waals surface area (Å²) in [5.74, 6) is 5.03. The first kappa shape index (κ1) is 15.4. The summed E-state index contributed by atoms with van der Waals surface area (Å²) in [5.41, 5.74) is 2.20. The maximum Gasteiger partial charge on any atom is 0.235 e. The second kappa shape index (κ2) is 8.53. The summed E-state index contributed by atoms with van der Waals surface area (Å²) in [6.45, 7) is 9.74. The van der Waals surface area contributed by atoms with E-state index in [1.165, 1.54) is 12.8 Å². The summed E-state index contributed by atoms with van der Waals surface area (Å²) in [4.78, 5) is 13.7. The van der Waals surface area contributed by atoms with Crippen molar-refractivity contribution in [1.82, 2.24) is 10.3 Å². The van der Waals surface area contributed by atoms with E-state index in [0.717, 1.165) is 13.0 Å². The largest absolute Gasteiger partial charge is 0.297 e. The molecule has 0 saturated heterocycles. The van der Waals surface area contributed by atoms with Crippen molar-refractivity contribution in [1.29, 1.82) is 0 Å². The summed E-state index contributed by atoms with van der Waals surface area (Å²) in [5, 5.41) is 0. The molecule has 2 unspecified atom stereocenters. The highest BCUT2D eigenvalue weighted by atomic mass is 16.2. The fraction of sp³-hybridized carbons (Fsp3) is 0.917. The Labute approximate surface area is 99.5 Å². The number of amides is 1. The van der Waals surface area contributed by atoms with Gasteiger partial charge in [-0.2, -0.15) is 0 Å². The molecule has 0 aromatic rings. The van der Waals surface area contributed by atoms with Crippen molar-refractivity contribution in [2.75, 3.05) is 6.54 Å². The molecule has 0 spiro atoms. The molecule has 16 heavy (non-hydrogen) atoms. The number of hydrogen-bond acceptors (Lipinski definition) is 3. The molecule has 0 aromatic carbocycles. The summed E-state index contributed by atoms with van der Waals surface area (Å²) < 4.78 is 0. The highest BCUT2D eigenvalue weighted by Gasteiger charge is 2.20. The second-order valence-corrected chi connectivity index (χ2v) is 4.47. The van der Waals surface area contributed by atoms with Gasteiger partial charge in [0.05, 0.1) is 0 Å². The third-order valence-electron chi connectivity index (χ3n) is 3.13. The van der Waals surface area contributed by atoms with E-state index in [4.69, 9.17) is 5.84 Å². The van der Waals surface area contributed by atoms with Crippen molar-refractivity contribution in [3.05, 3.63) is 0 Å². The number of nitrogens with zero attached hydrogens (tertiary/aromatic N) is 1. The van der Waals surface area contributed by atoms with Crippen LogP contribution in [0.2, 0.25) is 0 Å². The van der Waals surface area contributed by atoms with Gasteiger partial charge in [0.15, 0.2) is 0 Å². The predicted octanol–water partition coefficient (Wildman–Crippen LogP) is 1.66. The van der Waals surface area contributed by atoms with E-state index in [2.05, 4.69) is 38.0 Å². The van der Waals surface area contributed by atoms with Gasteiger partial charge in [0.25, 0.3) is 0 Å². The zero-order chi connectivity index (χ0) is 12.6. The van der Waals surface area contributed by atoms with Gasteiger partial charge < -0.3 is 0 Å². The van der Waals surface area contributed by atoms with Gasteiger partial charge in [-0.25, -0.2) is 5.84 Å². The molecule has 0 aliphatic carbocycles. The predicted molar refractivity (Wildman–Crippen MR) is 67.8 cm³/mol. The standard InChI is InChI=1S/C12H27N3O/c1-5-7-8-15(10(3)6-2)11(4)9-12(16)14-13/h10-11H,5-9,13H2,1-4H3,(H,14,16). The van der Waals surface area contributed by atoms with Crippen LogP contribution in [0.5, 0.6) is 0 Å². The zero-order valence-electron chi connectivity index (χ0n) is 11.1. The van der Waals surface area contributed by atoms with Crippen molar-refractivity contribution in [3.8, 4) is 0 Å². The normalized spacial score (nSPS) is 14.9. The molecule has 0 heterocycles. The van der Waals surface area contributed by atoms with Crippen molar-refractivity contribution < 1.29 is 4.79 Å². The van der Waals surface area contributed by atoms with Crippen molar-refractivity contribution in [2.45, 2.75) is 65.5 Å². The summed E-state index contributed by atoms with van der Waals surface area (Å²) in [7, 11) is 0. The monoisotopic (exact) mass is 229 g/mol. The molecule has 4 nitrogen and oxygen atoms in total. The quantitative estimate of drug-likeness (QED) is 0.378. The Morgan fingerprint density at radius 3 is 2.38 bits per heavy atom. The number of hydrogen-bond donors (Lipinski definition) is 2. The van der Waals surface area contributed by atoms with Crippen molar-refractivity contribution in [3.63, 3.8) is 0 Å². The molecule has 0 saturated carbocycles. The minimum absolute atomic E-state index is 0.0858. The summed E-state index contributed by atoms with van der Waals surface area (Å²) in [6.07, 6.45) is 3.95. The van der Waals surface area contributed by atoms with Gasteiger partial charge in [0.2, 0.25) is 5.91 Å². The molecule has 0 aliphatic heterocycles. The van der Waals surface area contributed by atoms with Gasteiger partial charge >= 0.3 is 0 Å². The summed E-state index contributed by atoms with van der Waals surface area (Å²) in [6, 6.07) is 0.775. The van der Waals surface area contributed by atoms with E-state index >= 15 is 0 Å². The lowest BCUT2D eigenvalue weighted by atomic mass is 10.1. The van der Waals surface area contributed by atoms with Crippen LogP contribution < -0.4 is 11.3 Å². The SMILES string of the molecule is CCCCN(C(C)CC)C(C)CC(=O)NN. The number of nitrogens with one attached hydrogen (secondary N) is 1. The van der Waals surface area contributed by atoms with Gasteiger partial charge in [-0.3, -0.25) is 15.1 Å². The molecule has 0 aromatic heterocycles.